The fraction of sp³-hybridized carbons (Fsp3) is 0.778. The van der Waals surface area contributed by atoms with Gasteiger partial charge in [0.2, 0.25) is 5.91 Å². The number of hydrogen-bond donors (Lipinski definition) is 4. The molecule has 0 saturated carbocycles. The van der Waals surface area contributed by atoms with Gasteiger partial charge in [-0.3, -0.25) is 9.59 Å². The molecule has 0 heterocycles. The van der Waals surface area contributed by atoms with E-state index in [1.165, 1.54) is 6.92 Å². The molecule has 0 aliphatic heterocycles. The molecule has 94 valence electrons. The van der Waals surface area contributed by atoms with E-state index in [1.807, 2.05) is 6.26 Å². The third-order valence-corrected chi connectivity index (χ3v) is 3.40. The van der Waals surface area contributed by atoms with E-state index in [0.717, 1.165) is 5.75 Å². The number of nitrogens with two attached hydrogens (primary N) is 1. The maximum absolute atomic E-state index is 11.0. The first-order valence-corrected chi connectivity index (χ1v) is 6.76. The summed E-state index contributed by atoms with van der Waals surface area (Å²) in [5.41, 5.74) is 5.15. The second-order valence-electron chi connectivity index (χ2n) is 3.46. The van der Waals surface area contributed by atoms with Crippen LogP contribution >= 0.6 is 24.4 Å². The second kappa shape index (κ2) is 7.81. The van der Waals surface area contributed by atoms with Gasteiger partial charge in [-0.25, -0.2) is 0 Å². The maximum atomic E-state index is 11.0. The highest BCUT2D eigenvalue weighted by Gasteiger charge is 2.25. The Labute approximate surface area is 105 Å². The van der Waals surface area contributed by atoms with Crippen LogP contribution in [0.2, 0.25) is 0 Å². The fourth-order valence-corrected chi connectivity index (χ4v) is 1.89. The van der Waals surface area contributed by atoms with Gasteiger partial charge in [0.1, 0.15) is 6.04 Å². The molecule has 1 amide bonds. The van der Waals surface area contributed by atoms with Gasteiger partial charge < -0.3 is 16.2 Å². The number of carbonyl (C=O) groups is 2. The SMILES string of the molecule is CSCCC(NC(C)C(=O)O)C(S)C(N)=O. The summed E-state index contributed by atoms with van der Waals surface area (Å²) in [6.45, 7) is 1.52. The Morgan fingerprint density at radius 3 is 2.50 bits per heavy atom. The minimum Gasteiger partial charge on any atom is -0.480 e. The molecule has 0 fully saturated rings. The minimum atomic E-state index is -0.959. The fourth-order valence-electron chi connectivity index (χ4n) is 1.17. The average Bonchev–Trinajstić information content (AvgIpc) is 2.22. The predicted octanol–water partition coefficient (Wildman–Crippen LogP) is -0.0455. The van der Waals surface area contributed by atoms with Crippen LogP contribution in [0.5, 0.6) is 0 Å². The molecule has 0 aromatic rings. The highest BCUT2D eigenvalue weighted by atomic mass is 32.2. The number of carbonyl (C=O) groups excluding carboxylic acids is 1. The molecule has 0 spiro atoms. The summed E-state index contributed by atoms with van der Waals surface area (Å²) in [5, 5.41) is 10.9. The molecule has 0 bridgehead atoms. The summed E-state index contributed by atoms with van der Waals surface area (Å²) >= 11 is 5.72. The molecule has 0 radical (unpaired) electrons. The monoisotopic (exact) mass is 266 g/mol. The number of thiol groups is 1. The van der Waals surface area contributed by atoms with Crippen molar-refractivity contribution in [3.8, 4) is 0 Å². The van der Waals surface area contributed by atoms with Crippen molar-refractivity contribution in [1.82, 2.24) is 5.32 Å². The van der Waals surface area contributed by atoms with Crippen molar-refractivity contribution < 1.29 is 14.7 Å². The first kappa shape index (κ1) is 15.6. The second-order valence-corrected chi connectivity index (χ2v) is 5.00. The van der Waals surface area contributed by atoms with Crippen LogP contribution in [-0.2, 0) is 9.59 Å². The Balaban J connectivity index is 4.41. The first-order valence-electron chi connectivity index (χ1n) is 4.85. The zero-order chi connectivity index (χ0) is 12.7. The normalized spacial score (nSPS) is 16.4. The van der Waals surface area contributed by atoms with Gasteiger partial charge in [-0.1, -0.05) is 0 Å². The highest BCUT2D eigenvalue weighted by Crippen LogP contribution is 2.10. The van der Waals surface area contributed by atoms with Gasteiger partial charge in [0.15, 0.2) is 0 Å². The molecular weight excluding hydrogens is 248 g/mol. The van der Waals surface area contributed by atoms with E-state index in [2.05, 4.69) is 17.9 Å². The first-order chi connectivity index (χ1) is 7.40. The van der Waals surface area contributed by atoms with Crippen molar-refractivity contribution in [2.45, 2.75) is 30.7 Å². The largest absolute Gasteiger partial charge is 0.480 e. The predicted molar refractivity (Wildman–Crippen MR) is 69.0 cm³/mol. The van der Waals surface area contributed by atoms with Crippen LogP contribution in [0.4, 0.5) is 0 Å². The number of aliphatic carboxylic acids is 1. The molecule has 0 aromatic heterocycles. The lowest BCUT2D eigenvalue weighted by molar-refractivity contribution is -0.139. The zero-order valence-corrected chi connectivity index (χ0v) is 11.1. The van der Waals surface area contributed by atoms with E-state index >= 15 is 0 Å². The Hall–Kier alpha value is -0.400. The lowest BCUT2D eigenvalue weighted by Gasteiger charge is -2.24. The van der Waals surface area contributed by atoms with Gasteiger partial charge in [-0.05, 0) is 25.4 Å². The van der Waals surface area contributed by atoms with Gasteiger partial charge in [0, 0.05) is 6.04 Å². The van der Waals surface area contributed by atoms with Crippen LogP contribution in [0.3, 0.4) is 0 Å². The minimum absolute atomic E-state index is 0.320. The van der Waals surface area contributed by atoms with Crippen molar-refractivity contribution in [1.29, 1.82) is 0 Å². The lowest BCUT2D eigenvalue weighted by Crippen LogP contribution is -2.50. The van der Waals surface area contributed by atoms with Gasteiger partial charge in [-0.15, -0.1) is 0 Å². The third-order valence-electron chi connectivity index (χ3n) is 2.14. The van der Waals surface area contributed by atoms with Gasteiger partial charge in [-0.2, -0.15) is 24.4 Å². The van der Waals surface area contributed by atoms with Crippen molar-refractivity contribution >= 4 is 36.3 Å². The van der Waals surface area contributed by atoms with Gasteiger partial charge >= 0.3 is 5.97 Å². The molecule has 0 rings (SSSR count). The number of thioether (sulfide) groups is 1. The maximum Gasteiger partial charge on any atom is 0.320 e. The molecule has 0 saturated heterocycles. The van der Waals surface area contributed by atoms with E-state index in [1.54, 1.807) is 11.8 Å². The Morgan fingerprint density at radius 1 is 1.56 bits per heavy atom. The van der Waals surface area contributed by atoms with Gasteiger partial charge in [0.05, 0.1) is 5.25 Å². The van der Waals surface area contributed by atoms with Crippen molar-refractivity contribution in [3.05, 3.63) is 0 Å². The molecule has 0 aliphatic carbocycles. The zero-order valence-electron chi connectivity index (χ0n) is 9.34. The van der Waals surface area contributed by atoms with Crippen LogP contribution in [0.1, 0.15) is 13.3 Å². The van der Waals surface area contributed by atoms with E-state index in [4.69, 9.17) is 10.8 Å². The number of hydrogen-bond acceptors (Lipinski definition) is 5. The molecule has 5 nitrogen and oxygen atoms in total. The van der Waals surface area contributed by atoms with Gasteiger partial charge in [0.25, 0.3) is 0 Å². The van der Waals surface area contributed by atoms with E-state index in [0.29, 0.717) is 6.42 Å². The summed E-state index contributed by atoms with van der Waals surface area (Å²) in [7, 11) is 0. The summed E-state index contributed by atoms with van der Waals surface area (Å²) in [6.07, 6.45) is 2.59. The quantitative estimate of drug-likeness (QED) is 0.463. The van der Waals surface area contributed by atoms with Crippen LogP contribution < -0.4 is 11.1 Å². The standard InChI is InChI=1S/C9H18N2O3S2/c1-5(9(13)14)11-6(3-4-16-2)7(15)8(10)12/h5-7,11,15H,3-4H2,1-2H3,(H2,10,12)(H,13,14). The van der Waals surface area contributed by atoms with Crippen LogP contribution in [0.15, 0.2) is 0 Å². The molecule has 0 aromatic carbocycles. The Morgan fingerprint density at radius 2 is 2.12 bits per heavy atom. The summed E-state index contributed by atoms with van der Waals surface area (Å²) in [4.78, 5) is 21.7. The van der Waals surface area contributed by atoms with Crippen molar-refractivity contribution in [2.24, 2.45) is 5.73 Å². The number of rotatable bonds is 8. The summed E-state index contributed by atoms with van der Waals surface area (Å²) in [6, 6.07) is -1.04. The van der Waals surface area contributed by atoms with Crippen molar-refractivity contribution in [2.75, 3.05) is 12.0 Å². The highest BCUT2D eigenvalue weighted by molar-refractivity contribution is 7.98. The number of amides is 1. The van der Waals surface area contributed by atoms with Crippen LogP contribution in [-0.4, -0.2) is 46.3 Å². The van der Waals surface area contributed by atoms with Crippen molar-refractivity contribution in [3.63, 3.8) is 0 Å². The number of primary amides is 1. The number of carboxylic acids is 1. The van der Waals surface area contributed by atoms with Crippen LogP contribution in [0.25, 0.3) is 0 Å². The summed E-state index contributed by atoms with van der Waals surface area (Å²) < 4.78 is 0. The molecule has 16 heavy (non-hydrogen) atoms. The van der Waals surface area contributed by atoms with E-state index in [-0.39, 0.29) is 6.04 Å². The molecule has 3 unspecified atom stereocenters. The summed E-state index contributed by atoms with van der Waals surface area (Å²) in [5.74, 6) is -0.687. The van der Waals surface area contributed by atoms with E-state index < -0.39 is 23.2 Å². The lowest BCUT2D eigenvalue weighted by atomic mass is 10.1. The Kier molecular flexibility index (Phi) is 7.61. The molecule has 0 aliphatic rings. The molecule has 4 N–H and O–H groups in total. The Bertz CT molecular complexity index is 251. The molecule has 3 atom stereocenters. The van der Waals surface area contributed by atoms with Crippen LogP contribution in [0, 0.1) is 0 Å². The smallest absolute Gasteiger partial charge is 0.320 e. The molecule has 7 heteroatoms. The molecular formula is C9H18N2O3S2. The van der Waals surface area contributed by atoms with E-state index in [9.17, 15) is 9.59 Å². The third kappa shape index (κ3) is 5.62. The topological polar surface area (TPSA) is 92.4 Å². The number of carboxylic acid groups (broad SMARTS) is 1. The average molecular weight is 266 g/mol. The number of nitrogens with one attached hydrogen (secondary N) is 1.